The van der Waals surface area contributed by atoms with E-state index in [1.54, 1.807) is 0 Å². The molecule has 0 aliphatic heterocycles. The zero-order chi connectivity index (χ0) is 26.4. The predicted octanol–water partition coefficient (Wildman–Crippen LogP) is 6.53. The zero-order valence-corrected chi connectivity index (χ0v) is 24.3. The first-order valence-electron chi connectivity index (χ1n) is 13.3. The molecule has 0 bridgehead atoms. The number of nitrogens with zero attached hydrogens (tertiary/aromatic N) is 1. The quantitative estimate of drug-likeness (QED) is 0.150. The maximum atomic E-state index is 2.49. The van der Waals surface area contributed by atoms with Crippen molar-refractivity contribution in [3.8, 4) is 11.3 Å². The van der Waals surface area contributed by atoms with Crippen LogP contribution in [0.1, 0.15) is 37.5 Å². The Hall–Kier alpha value is -3.49. The third kappa shape index (κ3) is 4.14. The molecule has 4 aromatic carbocycles. The van der Waals surface area contributed by atoms with Gasteiger partial charge >= 0.3 is 0 Å². The summed E-state index contributed by atoms with van der Waals surface area (Å²) in [5, 5.41) is 7.05. The normalized spacial score (nSPS) is 12.2. The first-order chi connectivity index (χ1) is 17.6. The van der Waals surface area contributed by atoms with Crippen LogP contribution in [-0.4, -0.2) is 8.07 Å². The van der Waals surface area contributed by atoms with Crippen LogP contribution in [0.3, 0.4) is 0 Å². The molecule has 0 radical (unpaired) electrons. The fourth-order valence-corrected chi connectivity index (χ4v) is 12.1. The lowest BCUT2D eigenvalue weighted by molar-refractivity contribution is -0.659. The average molecular weight is 501 g/mol. The van der Waals surface area contributed by atoms with Gasteiger partial charge in [-0.2, -0.15) is 0 Å². The van der Waals surface area contributed by atoms with Gasteiger partial charge in [0.15, 0.2) is 14.3 Å². The van der Waals surface area contributed by atoms with Crippen LogP contribution in [0.4, 0.5) is 0 Å². The standard InChI is InChI=1S/C35H38NSi/c1-25-22-26(2)27(3)33(23-25)34-32-19-18-31(24-28(32)20-21-36(34)7)37(35(4,5)6,29-14-10-8-11-15-29)30-16-12-9-13-17-30/h8-24H,1-7H3/q+1. The molecule has 0 aliphatic carbocycles. The number of benzene rings is 4. The number of hydrogen-bond donors (Lipinski definition) is 0. The molecule has 2 heteroatoms. The minimum atomic E-state index is -2.39. The smallest absolute Gasteiger partial charge is 0.200 e. The Morgan fingerprint density at radius 3 is 1.81 bits per heavy atom. The van der Waals surface area contributed by atoms with Crippen LogP contribution in [0.15, 0.2) is 103 Å². The second-order valence-corrected chi connectivity index (χ2v) is 16.3. The molecule has 0 spiro atoms. The first-order valence-corrected chi connectivity index (χ1v) is 15.3. The molecule has 0 fully saturated rings. The number of rotatable bonds is 4. The number of fused-ring (bicyclic) bond motifs is 1. The Balaban J connectivity index is 1.85. The highest BCUT2D eigenvalue weighted by Gasteiger charge is 2.49. The molecule has 5 aromatic rings. The van der Waals surface area contributed by atoms with Crippen molar-refractivity contribution < 1.29 is 4.57 Å². The van der Waals surface area contributed by atoms with E-state index in [0.717, 1.165) is 0 Å². The van der Waals surface area contributed by atoms with E-state index in [2.05, 4.69) is 156 Å². The summed E-state index contributed by atoms with van der Waals surface area (Å²) in [7, 11) is -0.220. The number of aromatic nitrogens is 1. The summed E-state index contributed by atoms with van der Waals surface area (Å²) in [6.45, 7) is 14.0. The summed E-state index contributed by atoms with van der Waals surface area (Å²) in [4.78, 5) is 0. The van der Waals surface area contributed by atoms with Crippen LogP contribution in [0, 0.1) is 20.8 Å². The van der Waals surface area contributed by atoms with E-state index in [-0.39, 0.29) is 5.04 Å². The fraction of sp³-hybridized carbons (Fsp3) is 0.229. The molecule has 0 aliphatic rings. The third-order valence-corrected chi connectivity index (χ3v) is 14.0. The summed E-state index contributed by atoms with van der Waals surface area (Å²) in [6, 6.07) is 36.7. The molecule has 1 aromatic heterocycles. The molecule has 0 amide bonds. The minimum absolute atomic E-state index is 0.0654. The molecule has 0 N–H and O–H groups in total. The van der Waals surface area contributed by atoms with Crippen LogP contribution in [0.2, 0.25) is 5.04 Å². The maximum Gasteiger partial charge on any atom is 0.220 e. The van der Waals surface area contributed by atoms with E-state index < -0.39 is 8.07 Å². The van der Waals surface area contributed by atoms with Gasteiger partial charge in [-0.15, -0.1) is 0 Å². The Morgan fingerprint density at radius 1 is 0.649 bits per heavy atom. The molecule has 0 atom stereocenters. The van der Waals surface area contributed by atoms with E-state index in [1.807, 2.05) is 0 Å². The van der Waals surface area contributed by atoms with E-state index in [4.69, 9.17) is 0 Å². The van der Waals surface area contributed by atoms with Gasteiger partial charge in [0.05, 0.1) is 10.9 Å². The number of aryl methyl sites for hydroxylation is 3. The Kier molecular flexibility index (Phi) is 6.41. The molecule has 0 saturated heterocycles. The lowest BCUT2D eigenvalue weighted by atomic mass is 9.94. The van der Waals surface area contributed by atoms with E-state index in [1.165, 1.54) is 54.3 Å². The largest absolute Gasteiger partial charge is 0.220 e. The molecule has 0 saturated carbocycles. The van der Waals surface area contributed by atoms with Crippen LogP contribution in [0.5, 0.6) is 0 Å². The van der Waals surface area contributed by atoms with Crippen LogP contribution < -0.4 is 20.1 Å². The molecule has 1 nitrogen and oxygen atoms in total. The molecular weight excluding hydrogens is 462 g/mol. The second kappa shape index (κ2) is 9.43. The van der Waals surface area contributed by atoms with Gasteiger partial charge in [-0.3, -0.25) is 0 Å². The van der Waals surface area contributed by atoms with Gasteiger partial charge in [0.2, 0.25) is 5.69 Å². The van der Waals surface area contributed by atoms with Gasteiger partial charge in [-0.05, 0) is 70.0 Å². The van der Waals surface area contributed by atoms with Gasteiger partial charge in [0.25, 0.3) is 0 Å². The van der Waals surface area contributed by atoms with Crippen LogP contribution in [0.25, 0.3) is 22.0 Å². The summed E-state index contributed by atoms with van der Waals surface area (Å²) in [6.07, 6.45) is 2.23. The lowest BCUT2D eigenvalue weighted by Crippen LogP contribution is -2.72. The maximum absolute atomic E-state index is 2.49. The number of pyridine rings is 1. The van der Waals surface area contributed by atoms with Crippen molar-refractivity contribution in [3.63, 3.8) is 0 Å². The zero-order valence-electron chi connectivity index (χ0n) is 23.3. The first kappa shape index (κ1) is 25.2. The molecule has 37 heavy (non-hydrogen) atoms. The second-order valence-electron chi connectivity index (χ2n) is 11.6. The van der Waals surface area contributed by atoms with Gasteiger partial charge < -0.3 is 0 Å². The summed E-state index contributed by atoms with van der Waals surface area (Å²) >= 11 is 0. The highest BCUT2D eigenvalue weighted by atomic mass is 28.3. The fourth-order valence-electron chi connectivity index (χ4n) is 6.40. The molecular formula is C35H38NSi+. The van der Waals surface area contributed by atoms with Crippen molar-refractivity contribution in [2.45, 2.75) is 46.6 Å². The monoisotopic (exact) mass is 500 g/mol. The van der Waals surface area contributed by atoms with Gasteiger partial charge in [-0.1, -0.05) is 105 Å². The van der Waals surface area contributed by atoms with Gasteiger partial charge in [0, 0.05) is 6.07 Å². The van der Waals surface area contributed by atoms with Crippen molar-refractivity contribution in [1.82, 2.24) is 0 Å². The van der Waals surface area contributed by atoms with E-state index in [9.17, 15) is 0 Å². The third-order valence-electron chi connectivity index (χ3n) is 8.18. The SMILES string of the molecule is Cc1cc(C)c(C)c(-c2c3ccc([Si](c4ccccc4)(c4ccccc4)C(C)(C)C)cc3cc[n+]2C)c1. The van der Waals surface area contributed by atoms with E-state index >= 15 is 0 Å². The molecule has 186 valence electrons. The Labute approximate surface area is 223 Å². The number of hydrogen-bond acceptors (Lipinski definition) is 0. The lowest BCUT2D eigenvalue weighted by Gasteiger charge is -2.44. The van der Waals surface area contributed by atoms with Crippen molar-refractivity contribution in [3.05, 3.63) is 120 Å². The van der Waals surface area contributed by atoms with Crippen molar-refractivity contribution in [2.24, 2.45) is 7.05 Å². The van der Waals surface area contributed by atoms with E-state index in [0.29, 0.717) is 0 Å². The Bertz CT molecular complexity index is 1540. The van der Waals surface area contributed by atoms with Gasteiger partial charge in [0.1, 0.15) is 7.05 Å². The topological polar surface area (TPSA) is 3.88 Å². The summed E-state index contributed by atoms with van der Waals surface area (Å²) in [5.41, 5.74) is 6.61. The van der Waals surface area contributed by atoms with Crippen molar-refractivity contribution in [2.75, 3.05) is 0 Å². The molecule has 5 rings (SSSR count). The molecule has 0 unspecified atom stereocenters. The molecule has 1 heterocycles. The highest BCUT2D eigenvalue weighted by molar-refractivity contribution is 7.13. The predicted molar refractivity (Wildman–Crippen MR) is 162 cm³/mol. The minimum Gasteiger partial charge on any atom is -0.200 e. The summed E-state index contributed by atoms with van der Waals surface area (Å²) in [5.74, 6) is 0. The Morgan fingerprint density at radius 2 is 1.24 bits per heavy atom. The van der Waals surface area contributed by atoms with Crippen LogP contribution in [-0.2, 0) is 7.05 Å². The highest BCUT2D eigenvalue weighted by Crippen LogP contribution is 2.37. The average Bonchev–Trinajstić information content (AvgIpc) is 2.87. The van der Waals surface area contributed by atoms with Gasteiger partial charge in [-0.25, -0.2) is 4.57 Å². The summed E-state index contributed by atoms with van der Waals surface area (Å²) < 4.78 is 2.28. The van der Waals surface area contributed by atoms with Crippen molar-refractivity contribution in [1.29, 1.82) is 0 Å². The van der Waals surface area contributed by atoms with Crippen molar-refractivity contribution >= 4 is 34.4 Å². The van der Waals surface area contributed by atoms with Crippen LogP contribution >= 0.6 is 0 Å².